The third kappa shape index (κ3) is 2.29. The monoisotopic (exact) mass is 228 g/mol. The fraction of sp³-hybridized carbons (Fsp3) is 0.167. The Balaban J connectivity index is 2.45. The van der Waals surface area contributed by atoms with Gasteiger partial charge in [0.2, 0.25) is 0 Å². The third-order valence-electron chi connectivity index (χ3n) is 2.62. The SMILES string of the molecule is Bc1ccc2nc(C(=O)N(C)OC)ccc2c1. The van der Waals surface area contributed by atoms with Gasteiger partial charge in [0.1, 0.15) is 13.5 Å². The maximum absolute atomic E-state index is 11.8. The molecule has 0 spiro atoms. The van der Waals surface area contributed by atoms with E-state index in [9.17, 15) is 4.79 Å². The molecule has 2 rings (SSSR count). The number of benzene rings is 1. The first kappa shape index (κ1) is 11.6. The maximum atomic E-state index is 11.8. The number of amides is 1. The number of nitrogens with zero attached hydrogens (tertiary/aromatic N) is 2. The van der Waals surface area contributed by atoms with Crippen molar-refractivity contribution >= 4 is 30.1 Å². The van der Waals surface area contributed by atoms with Crippen molar-refractivity contribution in [2.45, 2.75) is 0 Å². The average Bonchev–Trinajstić information content (AvgIpc) is 2.36. The van der Waals surface area contributed by atoms with Crippen molar-refractivity contribution in [1.29, 1.82) is 0 Å². The number of rotatable bonds is 2. The summed E-state index contributed by atoms with van der Waals surface area (Å²) in [5.74, 6) is -0.255. The molecule has 5 heteroatoms. The Kier molecular flexibility index (Phi) is 3.11. The molecule has 0 saturated carbocycles. The second-order valence-corrected chi connectivity index (χ2v) is 3.88. The molecule has 1 amide bonds. The van der Waals surface area contributed by atoms with Gasteiger partial charge in [-0.15, -0.1) is 0 Å². The van der Waals surface area contributed by atoms with Gasteiger partial charge in [0.05, 0.1) is 12.6 Å². The average molecular weight is 228 g/mol. The van der Waals surface area contributed by atoms with Gasteiger partial charge in [-0.05, 0) is 17.5 Å². The van der Waals surface area contributed by atoms with Gasteiger partial charge >= 0.3 is 0 Å². The van der Waals surface area contributed by atoms with Crippen LogP contribution in [0.4, 0.5) is 0 Å². The minimum Gasteiger partial charge on any atom is -0.274 e. The smallest absolute Gasteiger partial charge is 0.274 e. The molecule has 0 bridgehead atoms. The summed E-state index contributed by atoms with van der Waals surface area (Å²) in [6, 6.07) is 9.53. The Hall–Kier alpha value is -1.88. The van der Waals surface area contributed by atoms with Crippen molar-refractivity contribution in [2.75, 3.05) is 14.2 Å². The molecule has 0 saturated heterocycles. The largest absolute Gasteiger partial charge is 0.295 e. The summed E-state index contributed by atoms with van der Waals surface area (Å²) in [6.07, 6.45) is 0. The Morgan fingerprint density at radius 1 is 1.35 bits per heavy atom. The molecule has 1 heterocycles. The molecular formula is C12H13BN2O2. The highest BCUT2D eigenvalue weighted by atomic mass is 16.7. The number of fused-ring (bicyclic) bond motifs is 1. The van der Waals surface area contributed by atoms with Crippen molar-refractivity contribution in [1.82, 2.24) is 10.0 Å². The molecule has 1 aromatic carbocycles. The lowest BCUT2D eigenvalue weighted by atomic mass is 9.95. The summed E-state index contributed by atoms with van der Waals surface area (Å²) in [6.45, 7) is 0. The van der Waals surface area contributed by atoms with Crippen LogP contribution in [0.3, 0.4) is 0 Å². The highest BCUT2D eigenvalue weighted by Gasteiger charge is 2.12. The molecule has 0 aliphatic heterocycles. The Morgan fingerprint density at radius 3 is 2.82 bits per heavy atom. The molecule has 2 aromatic rings. The molecule has 0 aliphatic carbocycles. The Morgan fingerprint density at radius 2 is 2.12 bits per heavy atom. The molecule has 0 fully saturated rings. The van der Waals surface area contributed by atoms with E-state index in [4.69, 9.17) is 4.84 Å². The van der Waals surface area contributed by atoms with E-state index in [1.54, 1.807) is 13.1 Å². The number of pyridine rings is 1. The van der Waals surface area contributed by atoms with Crippen molar-refractivity contribution in [2.24, 2.45) is 0 Å². The van der Waals surface area contributed by atoms with E-state index < -0.39 is 0 Å². The van der Waals surface area contributed by atoms with Crippen LogP contribution in [0.1, 0.15) is 10.5 Å². The molecule has 0 N–H and O–H groups in total. The van der Waals surface area contributed by atoms with E-state index >= 15 is 0 Å². The molecule has 0 atom stereocenters. The summed E-state index contributed by atoms with van der Waals surface area (Å²) in [4.78, 5) is 21.0. The first-order valence-electron chi connectivity index (χ1n) is 5.31. The number of aromatic nitrogens is 1. The van der Waals surface area contributed by atoms with Gasteiger partial charge in [0.15, 0.2) is 0 Å². The second kappa shape index (κ2) is 4.55. The van der Waals surface area contributed by atoms with E-state index in [2.05, 4.69) is 4.98 Å². The van der Waals surface area contributed by atoms with E-state index in [1.807, 2.05) is 32.1 Å². The first-order chi connectivity index (χ1) is 8.11. The number of hydrogen-bond donors (Lipinski definition) is 0. The fourth-order valence-corrected chi connectivity index (χ4v) is 1.61. The van der Waals surface area contributed by atoms with Crippen molar-refractivity contribution in [3.8, 4) is 0 Å². The minimum absolute atomic E-state index is 0.255. The molecule has 17 heavy (non-hydrogen) atoms. The van der Waals surface area contributed by atoms with Crippen LogP contribution in [0.5, 0.6) is 0 Å². The number of hydrogen-bond acceptors (Lipinski definition) is 3. The van der Waals surface area contributed by atoms with Crippen LogP contribution in [0.25, 0.3) is 10.9 Å². The zero-order valence-corrected chi connectivity index (χ0v) is 10.1. The zero-order valence-electron chi connectivity index (χ0n) is 10.1. The van der Waals surface area contributed by atoms with Gasteiger partial charge < -0.3 is 0 Å². The van der Waals surface area contributed by atoms with E-state index in [-0.39, 0.29) is 5.91 Å². The predicted octanol–water partition coefficient (Wildman–Crippen LogP) is 0.127. The van der Waals surface area contributed by atoms with Crippen LogP contribution in [-0.4, -0.2) is 38.0 Å². The summed E-state index contributed by atoms with van der Waals surface area (Å²) in [5.41, 5.74) is 2.36. The molecule has 0 unspecified atom stereocenters. The lowest BCUT2D eigenvalue weighted by Gasteiger charge is -2.13. The summed E-state index contributed by atoms with van der Waals surface area (Å²) in [7, 11) is 5.03. The van der Waals surface area contributed by atoms with Gasteiger partial charge in [-0.2, -0.15) is 0 Å². The topological polar surface area (TPSA) is 42.4 Å². The van der Waals surface area contributed by atoms with Gasteiger partial charge in [-0.3, -0.25) is 9.63 Å². The minimum atomic E-state index is -0.255. The molecule has 0 radical (unpaired) electrons. The van der Waals surface area contributed by atoms with Gasteiger partial charge in [0.25, 0.3) is 5.91 Å². The molecule has 86 valence electrons. The molecule has 4 nitrogen and oxygen atoms in total. The third-order valence-corrected chi connectivity index (χ3v) is 2.62. The van der Waals surface area contributed by atoms with Crippen LogP contribution in [0.15, 0.2) is 30.3 Å². The summed E-state index contributed by atoms with van der Waals surface area (Å²) in [5, 5.41) is 2.18. The van der Waals surface area contributed by atoms with Crippen LogP contribution in [0, 0.1) is 0 Å². The van der Waals surface area contributed by atoms with Crippen molar-refractivity contribution in [3.63, 3.8) is 0 Å². The highest BCUT2D eigenvalue weighted by molar-refractivity contribution is 6.33. The van der Waals surface area contributed by atoms with E-state index in [1.165, 1.54) is 12.6 Å². The Labute approximate surface area is 101 Å². The van der Waals surface area contributed by atoms with Gasteiger partial charge in [0, 0.05) is 7.05 Å². The van der Waals surface area contributed by atoms with Crippen LogP contribution in [0.2, 0.25) is 0 Å². The standard InChI is InChI=1S/C12H13BN2O2/c1-15(17-2)12(16)11-5-3-8-7-9(13)4-6-10(8)14-11/h3-7H,13H2,1-2H3. The fourth-order valence-electron chi connectivity index (χ4n) is 1.61. The maximum Gasteiger partial charge on any atom is 0.295 e. The normalized spacial score (nSPS) is 10.5. The molecule has 0 aliphatic rings. The van der Waals surface area contributed by atoms with Gasteiger partial charge in [-0.25, -0.2) is 10.0 Å². The van der Waals surface area contributed by atoms with Crippen LogP contribution < -0.4 is 5.46 Å². The number of hydroxylamine groups is 2. The first-order valence-corrected chi connectivity index (χ1v) is 5.31. The van der Waals surface area contributed by atoms with E-state index in [0.29, 0.717) is 5.69 Å². The highest BCUT2D eigenvalue weighted by Crippen LogP contribution is 2.11. The lowest BCUT2D eigenvalue weighted by Crippen LogP contribution is -2.26. The van der Waals surface area contributed by atoms with Crippen molar-refractivity contribution in [3.05, 3.63) is 36.0 Å². The van der Waals surface area contributed by atoms with Crippen molar-refractivity contribution < 1.29 is 9.63 Å². The predicted molar refractivity (Wildman–Crippen MR) is 69.0 cm³/mol. The second-order valence-electron chi connectivity index (χ2n) is 3.88. The van der Waals surface area contributed by atoms with Crippen LogP contribution >= 0.6 is 0 Å². The Bertz CT molecular complexity index is 571. The van der Waals surface area contributed by atoms with Gasteiger partial charge in [-0.1, -0.05) is 23.7 Å². The lowest BCUT2D eigenvalue weighted by molar-refractivity contribution is -0.0760. The van der Waals surface area contributed by atoms with Crippen LogP contribution in [-0.2, 0) is 4.84 Å². The number of carbonyl (C=O) groups is 1. The van der Waals surface area contributed by atoms with E-state index in [0.717, 1.165) is 16.0 Å². The zero-order chi connectivity index (χ0) is 12.4. The molecule has 1 aromatic heterocycles. The quantitative estimate of drug-likeness (QED) is 0.541. The number of carbonyl (C=O) groups excluding carboxylic acids is 1. The summed E-state index contributed by atoms with van der Waals surface area (Å²) < 4.78 is 0. The summed E-state index contributed by atoms with van der Waals surface area (Å²) >= 11 is 0. The molecular weight excluding hydrogens is 215 g/mol.